The van der Waals surface area contributed by atoms with E-state index < -0.39 is 9.84 Å². The van der Waals surface area contributed by atoms with E-state index in [0.29, 0.717) is 29.6 Å². The van der Waals surface area contributed by atoms with Gasteiger partial charge in [-0.3, -0.25) is 4.79 Å². The molecule has 1 aromatic rings. The van der Waals surface area contributed by atoms with Crippen LogP contribution in [0.15, 0.2) is 23.2 Å². The highest BCUT2D eigenvalue weighted by molar-refractivity contribution is 8.15. The van der Waals surface area contributed by atoms with Crippen molar-refractivity contribution in [3.63, 3.8) is 0 Å². The van der Waals surface area contributed by atoms with Gasteiger partial charge < -0.3 is 14.4 Å². The van der Waals surface area contributed by atoms with Crippen LogP contribution >= 0.6 is 11.8 Å². The van der Waals surface area contributed by atoms with Gasteiger partial charge in [0.2, 0.25) is 12.7 Å². The second-order valence-electron chi connectivity index (χ2n) is 6.65. The van der Waals surface area contributed by atoms with Gasteiger partial charge in [0.25, 0.3) is 0 Å². The molecule has 0 unspecified atom stereocenters. The monoisotopic (exact) mass is 396 g/mol. The van der Waals surface area contributed by atoms with Gasteiger partial charge in [-0.05, 0) is 24.1 Å². The minimum atomic E-state index is -3.05. The van der Waals surface area contributed by atoms with Crippen LogP contribution in [0.25, 0.3) is 0 Å². The molecule has 26 heavy (non-hydrogen) atoms. The van der Waals surface area contributed by atoms with Gasteiger partial charge in [-0.2, -0.15) is 4.99 Å². The molecule has 2 saturated heterocycles. The molecule has 1 amide bonds. The zero-order valence-electron chi connectivity index (χ0n) is 14.4. The van der Waals surface area contributed by atoms with E-state index >= 15 is 0 Å². The van der Waals surface area contributed by atoms with Crippen LogP contribution in [0.3, 0.4) is 0 Å². The average molecular weight is 396 g/mol. The van der Waals surface area contributed by atoms with Crippen molar-refractivity contribution in [2.24, 2.45) is 4.99 Å². The first kappa shape index (κ1) is 17.7. The van der Waals surface area contributed by atoms with Gasteiger partial charge in [0, 0.05) is 18.2 Å². The van der Waals surface area contributed by atoms with Crippen LogP contribution in [0.5, 0.6) is 11.5 Å². The number of amidine groups is 1. The summed E-state index contributed by atoms with van der Waals surface area (Å²) in [5, 5.41) is 0.563. The Balaban J connectivity index is 1.61. The van der Waals surface area contributed by atoms with E-state index in [9.17, 15) is 13.2 Å². The van der Waals surface area contributed by atoms with Crippen molar-refractivity contribution < 1.29 is 22.7 Å². The molecular weight excluding hydrogens is 376 g/mol. The number of carbonyl (C=O) groups is 1. The molecule has 2 fully saturated rings. The lowest BCUT2D eigenvalue weighted by Gasteiger charge is -2.24. The summed E-state index contributed by atoms with van der Waals surface area (Å²) in [6.45, 7) is 2.63. The van der Waals surface area contributed by atoms with Gasteiger partial charge in [0.1, 0.15) is 0 Å². The molecule has 140 valence electrons. The minimum absolute atomic E-state index is 0.0674. The van der Waals surface area contributed by atoms with Crippen molar-refractivity contribution in [3.05, 3.63) is 23.8 Å². The number of hydrogen-bond acceptors (Lipinski definition) is 6. The van der Waals surface area contributed by atoms with Crippen LogP contribution in [0.1, 0.15) is 25.3 Å². The standard InChI is InChI=1S/C17H20N2O5S2/c1-2-3-16(20)18-17-19(12-8-26(21,22)9-15(12)25-17)7-11-4-5-13-14(6-11)24-10-23-13/h4-6,12,15H,2-3,7-10H2,1H3/t12-,15+/m1/s1. The smallest absolute Gasteiger partial charge is 0.248 e. The summed E-state index contributed by atoms with van der Waals surface area (Å²) in [5.41, 5.74) is 0.968. The first-order valence-electron chi connectivity index (χ1n) is 8.59. The molecule has 0 aromatic heterocycles. The van der Waals surface area contributed by atoms with E-state index in [1.165, 1.54) is 11.8 Å². The fourth-order valence-corrected chi connectivity index (χ4v) is 7.40. The third-order valence-electron chi connectivity index (χ3n) is 4.65. The Morgan fingerprint density at radius 2 is 2.12 bits per heavy atom. The van der Waals surface area contributed by atoms with Crippen molar-refractivity contribution in [1.29, 1.82) is 0 Å². The van der Waals surface area contributed by atoms with Crippen molar-refractivity contribution in [2.45, 2.75) is 37.6 Å². The highest BCUT2D eigenvalue weighted by atomic mass is 32.2. The summed E-state index contributed by atoms with van der Waals surface area (Å²) in [7, 11) is -3.05. The SMILES string of the molecule is CCCC(=O)N=C1S[C@H]2CS(=O)(=O)C[C@H]2N1Cc1ccc2c(c1)OCO2. The third-order valence-corrected chi connectivity index (χ3v) is 7.90. The number of rotatable bonds is 4. The highest BCUT2D eigenvalue weighted by Crippen LogP contribution is 2.40. The molecule has 4 rings (SSSR count). The van der Waals surface area contributed by atoms with Crippen molar-refractivity contribution in [2.75, 3.05) is 18.3 Å². The van der Waals surface area contributed by atoms with Gasteiger partial charge in [-0.15, -0.1) is 0 Å². The predicted molar refractivity (Wildman–Crippen MR) is 99.3 cm³/mol. The molecule has 0 saturated carbocycles. The second kappa shape index (κ2) is 6.77. The van der Waals surface area contributed by atoms with Crippen LogP contribution in [0.2, 0.25) is 0 Å². The Bertz CT molecular complexity index is 868. The van der Waals surface area contributed by atoms with Crippen LogP contribution < -0.4 is 9.47 Å². The van der Waals surface area contributed by atoms with E-state index in [1.54, 1.807) is 0 Å². The van der Waals surface area contributed by atoms with Crippen molar-refractivity contribution >= 4 is 32.7 Å². The number of carbonyl (C=O) groups excluding carboxylic acids is 1. The number of hydrogen-bond donors (Lipinski definition) is 0. The lowest BCUT2D eigenvalue weighted by molar-refractivity contribution is -0.117. The molecule has 3 aliphatic rings. The topological polar surface area (TPSA) is 85.3 Å². The Kier molecular flexibility index (Phi) is 4.60. The van der Waals surface area contributed by atoms with E-state index in [1.807, 2.05) is 30.0 Å². The lowest BCUT2D eigenvalue weighted by Crippen LogP contribution is -2.37. The normalized spacial score (nSPS) is 27.1. The second-order valence-corrected chi connectivity index (χ2v) is 10.0. The summed E-state index contributed by atoms with van der Waals surface area (Å²) in [6, 6.07) is 5.53. The summed E-state index contributed by atoms with van der Waals surface area (Å²) in [6.07, 6.45) is 1.14. The number of sulfone groups is 1. The number of aliphatic imine (C=N–C) groups is 1. The first-order chi connectivity index (χ1) is 12.4. The van der Waals surface area contributed by atoms with Crippen LogP contribution in [0.4, 0.5) is 0 Å². The fraction of sp³-hybridized carbons (Fsp3) is 0.529. The number of nitrogens with zero attached hydrogens (tertiary/aromatic N) is 2. The van der Waals surface area contributed by atoms with Gasteiger partial charge in [-0.1, -0.05) is 24.8 Å². The number of ether oxygens (including phenoxy) is 2. The van der Waals surface area contributed by atoms with Gasteiger partial charge in [0.05, 0.1) is 17.5 Å². The molecule has 3 heterocycles. The van der Waals surface area contributed by atoms with Crippen LogP contribution in [0, 0.1) is 0 Å². The van der Waals surface area contributed by atoms with Gasteiger partial charge in [0.15, 0.2) is 26.5 Å². The largest absolute Gasteiger partial charge is 0.454 e. The number of amides is 1. The average Bonchev–Trinajstić information content (AvgIpc) is 3.22. The van der Waals surface area contributed by atoms with Crippen LogP contribution in [-0.4, -0.2) is 54.0 Å². The zero-order chi connectivity index (χ0) is 18.3. The molecule has 7 nitrogen and oxygen atoms in total. The minimum Gasteiger partial charge on any atom is -0.454 e. The molecule has 3 aliphatic heterocycles. The zero-order valence-corrected chi connectivity index (χ0v) is 16.0. The Morgan fingerprint density at radius 1 is 1.31 bits per heavy atom. The summed E-state index contributed by atoms with van der Waals surface area (Å²) in [4.78, 5) is 18.2. The molecular formula is C17H20N2O5S2. The maximum absolute atomic E-state index is 12.0. The maximum atomic E-state index is 12.0. The molecule has 2 atom stereocenters. The van der Waals surface area contributed by atoms with Gasteiger partial charge >= 0.3 is 0 Å². The number of benzene rings is 1. The van der Waals surface area contributed by atoms with E-state index in [-0.39, 0.29) is 35.5 Å². The van der Waals surface area contributed by atoms with Crippen molar-refractivity contribution in [1.82, 2.24) is 4.90 Å². The quantitative estimate of drug-likeness (QED) is 0.767. The maximum Gasteiger partial charge on any atom is 0.248 e. The lowest BCUT2D eigenvalue weighted by atomic mass is 10.1. The van der Waals surface area contributed by atoms with Gasteiger partial charge in [-0.25, -0.2) is 8.42 Å². The van der Waals surface area contributed by atoms with E-state index in [4.69, 9.17) is 9.47 Å². The van der Waals surface area contributed by atoms with Crippen LogP contribution in [-0.2, 0) is 21.2 Å². The molecule has 1 aromatic carbocycles. The summed E-state index contributed by atoms with van der Waals surface area (Å²) in [5.74, 6) is 1.48. The first-order valence-corrected chi connectivity index (χ1v) is 11.3. The number of fused-ring (bicyclic) bond motifs is 2. The number of thioether (sulfide) groups is 1. The van der Waals surface area contributed by atoms with E-state index in [0.717, 1.165) is 12.0 Å². The Morgan fingerprint density at radius 3 is 2.92 bits per heavy atom. The molecule has 0 aliphatic carbocycles. The predicted octanol–water partition coefficient (Wildman–Crippen LogP) is 1.81. The molecule has 9 heteroatoms. The molecule has 0 spiro atoms. The summed E-state index contributed by atoms with van der Waals surface area (Å²) >= 11 is 1.41. The van der Waals surface area contributed by atoms with Crippen molar-refractivity contribution in [3.8, 4) is 11.5 Å². The molecule has 0 bridgehead atoms. The fourth-order valence-electron chi connectivity index (χ4n) is 3.43. The third kappa shape index (κ3) is 3.42. The van der Waals surface area contributed by atoms with E-state index in [2.05, 4.69) is 4.99 Å². The Labute approximate surface area is 156 Å². The highest BCUT2D eigenvalue weighted by Gasteiger charge is 2.48. The Hall–Kier alpha value is -1.74. The summed E-state index contributed by atoms with van der Waals surface area (Å²) < 4.78 is 34.8. The molecule has 0 radical (unpaired) electrons. The molecule has 0 N–H and O–H groups in total.